The van der Waals surface area contributed by atoms with E-state index in [9.17, 15) is 0 Å². The molecule has 0 radical (unpaired) electrons. The molecule has 148 valence electrons. The number of benzene rings is 1. The molecular weight excluding hydrogens is 370 g/mol. The zero-order valence-corrected chi connectivity index (χ0v) is 15.9. The highest BCUT2D eigenvalue weighted by Crippen LogP contribution is 2.39. The molecule has 9 nitrogen and oxygen atoms in total. The lowest BCUT2D eigenvalue weighted by Gasteiger charge is -2.18. The summed E-state index contributed by atoms with van der Waals surface area (Å²) < 4.78 is 11.8. The van der Waals surface area contributed by atoms with Gasteiger partial charge in [0.1, 0.15) is 29.5 Å². The van der Waals surface area contributed by atoms with Gasteiger partial charge in [-0.05, 0) is 31.4 Å². The van der Waals surface area contributed by atoms with E-state index < -0.39 is 0 Å². The second-order valence-electron chi connectivity index (χ2n) is 6.84. The molecule has 0 amide bonds. The van der Waals surface area contributed by atoms with E-state index in [4.69, 9.17) is 20.5 Å². The Morgan fingerprint density at radius 1 is 1.21 bits per heavy atom. The van der Waals surface area contributed by atoms with Crippen LogP contribution in [0.5, 0.6) is 11.5 Å². The van der Waals surface area contributed by atoms with Crippen LogP contribution in [0, 0.1) is 11.3 Å². The first-order valence-electron chi connectivity index (χ1n) is 9.30. The molecule has 1 aliphatic carbocycles. The van der Waals surface area contributed by atoms with Crippen LogP contribution in [-0.2, 0) is 0 Å². The lowest BCUT2D eigenvalue weighted by Crippen LogP contribution is -2.19. The maximum Gasteiger partial charge on any atom is 0.158 e. The fraction of sp³-hybridized carbons (Fsp3) is 0.300. The molecular formula is C20H21N7O2. The summed E-state index contributed by atoms with van der Waals surface area (Å²) in [4.78, 5) is 8.13. The molecule has 3 aromatic rings. The molecule has 4 rings (SSSR count). The molecule has 1 saturated carbocycles. The smallest absolute Gasteiger partial charge is 0.158 e. The minimum absolute atomic E-state index is 0.0882. The Bertz CT molecular complexity index is 1030. The molecule has 1 fully saturated rings. The highest BCUT2D eigenvalue weighted by molar-refractivity contribution is 5.76. The van der Waals surface area contributed by atoms with E-state index in [0.29, 0.717) is 17.4 Å². The van der Waals surface area contributed by atoms with Crippen LogP contribution in [0.15, 0.2) is 36.7 Å². The summed E-state index contributed by atoms with van der Waals surface area (Å²) in [6, 6.07) is 9.65. The first kappa shape index (κ1) is 18.7. The van der Waals surface area contributed by atoms with Crippen molar-refractivity contribution in [2.45, 2.75) is 31.4 Å². The number of rotatable bonds is 6. The third-order valence-electron chi connectivity index (χ3n) is 4.80. The van der Waals surface area contributed by atoms with Crippen molar-refractivity contribution < 1.29 is 9.47 Å². The zero-order chi connectivity index (χ0) is 20.2. The van der Waals surface area contributed by atoms with Crippen molar-refractivity contribution in [3.05, 3.63) is 42.4 Å². The van der Waals surface area contributed by atoms with Gasteiger partial charge < -0.3 is 20.5 Å². The van der Waals surface area contributed by atoms with Crippen LogP contribution >= 0.6 is 0 Å². The van der Waals surface area contributed by atoms with Gasteiger partial charge in [0.05, 0.1) is 30.8 Å². The summed E-state index contributed by atoms with van der Waals surface area (Å²) in [5.74, 6) is 2.44. The zero-order valence-electron chi connectivity index (χ0n) is 15.9. The van der Waals surface area contributed by atoms with Crippen molar-refractivity contribution in [1.29, 1.82) is 5.26 Å². The largest absolute Gasteiger partial charge is 0.496 e. The summed E-state index contributed by atoms with van der Waals surface area (Å²) in [5.41, 5.74) is 7.80. The van der Waals surface area contributed by atoms with Crippen molar-refractivity contribution >= 4 is 11.6 Å². The summed E-state index contributed by atoms with van der Waals surface area (Å²) in [7, 11) is 1.62. The molecule has 2 atom stereocenters. The van der Waals surface area contributed by atoms with Gasteiger partial charge in [-0.2, -0.15) is 10.4 Å². The van der Waals surface area contributed by atoms with Gasteiger partial charge in [-0.15, -0.1) is 0 Å². The quantitative estimate of drug-likeness (QED) is 0.584. The maximum atomic E-state index is 8.82. The summed E-state index contributed by atoms with van der Waals surface area (Å²) in [6.45, 7) is 0. The van der Waals surface area contributed by atoms with Crippen molar-refractivity contribution in [2.75, 3.05) is 12.4 Å². The molecule has 2 aromatic heterocycles. The number of nitrogens with one attached hydrogen (secondary N) is 2. The number of aromatic amines is 1. The summed E-state index contributed by atoms with van der Waals surface area (Å²) in [5, 5.41) is 19.2. The normalized spacial score (nSPS) is 18.2. The number of methoxy groups -OCH3 is 1. The molecule has 9 heteroatoms. The molecule has 1 aliphatic rings. The van der Waals surface area contributed by atoms with Crippen LogP contribution in [0.1, 0.15) is 25.0 Å². The minimum Gasteiger partial charge on any atom is -0.496 e. The van der Waals surface area contributed by atoms with E-state index in [1.807, 2.05) is 30.3 Å². The van der Waals surface area contributed by atoms with Crippen LogP contribution in [-0.4, -0.2) is 39.4 Å². The van der Waals surface area contributed by atoms with E-state index in [-0.39, 0.29) is 17.8 Å². The number of nitrogens with zero attached hydrogens (tertiary/aromatic N) is 4. The van der Waals surface area contributed by atoms with Crippen LogP contribution in [0.3, 0.4) is 0 Å². The van der Waals surface area contributed by atoms with Crippen LogP contribution in [0.25, 0.3) is 11.3 Å². The van der Waals surface area contributed by atoms with Crippen molar-refractivity contribution in [2.24, 2.45) is 5.73 Å². The molecule has 0 spiro atoms. The van der Waals surface area contributed by atoms with Gasteiger partial charge >= 0.3 is 0 Å². The average molecular weight is 391 g/mol. The lowest BCUT2D eigenvalue weighted by atomic mass is 10.1. The number of nitriles is 1. The first-order valence-corrected chi connectivity index (χ1v) is 9.30. The van der Waals surface area contributed by atoms with Gasteiger partial charge in [0.25, 0.3) is 0 Å². The van der Waals surface area contributed by atoms with Crippen molar-refractivity contribution in [3.8, 4) is 28.8 Å². The number of anilines is 2. The van der Waals surface area contributed by atoms with Gasteiger partial charge in [0.2, 0.25) is 0 Å². The van der Waals surface area contributed by atoms with Gasteiger partial charge in [0, 0.05) is 12.1 Å². The fourth-order valence-electron chi connectivity index (χ4n) is 3.40. The van der Waals surface area contributed by atoms with E-state index >= 15 is 0 Å². The van der Waals surface area contributed by atoms with Crippen molar-refractivity contribution in [3.63, 3.8) is 0 Å². The first-order chi connectivity index (χ1) is 14.2. The summed E-state index contributed by atoms with van der Waals surface area (Å²) >= 11 is 0. The second kappa shape index (κ2) is 8.16. The van der Waals surface area contributed by atoms with Crippen LogP contribution in [0.4, 0.5) is 11.6 Å². The Morgan fingerprint density at radius 2 is 2.07 bits per heavy atom. The minimum atomic E-state index is 0.0882. The van der Waals surface area contributed by atoms with E-state index in [2.05, 4.69) is 25.5 Å². The highest BCUT2D eigenvalue weighted by Gasteiger charge is 2.25. The van der Waals surface area contributed by atoms with E-state index in [0.717, 1.165) is 36.3 Å². The van der Waals surface area contributed by atoms with E-state index in [1.54, 1.807) is 7.11 Å². The van der Waals surface area contributed by atoms with Gasteiger partial charge in [-0.1, -0.05) is 6.07 Å². The molecule has 0 saturated heterocycles. The monoisotopic (exact) mass is 391 g/mol. The highest BCUT2D eigenvalue weighted by atomic mass is 16.5. The average Bonchev–Trinajstić information content (AvgIpc) is 3.37. The molecule has 0 aliphatic heterocycles. The van der Waals surface area contributed by atoms with Gasteiger partial charge in [-0.3, -0.25) is 5.10 Å². The molecule has 1 aromatic carbocycles. The predicted octanol–water partition coefficient (Wildman–Crippen LogP) is 2.75. The third kappa shape index (κ3) is 4.12. The fourth-order valence-corrected chi connectivity index (χ4v) is 3.40. The van der Waals surface area contributed by atoms with E-state index in [1.165, 1.54) is 12.4 Å². The molecule has 2 heterocycles. The topological polar surface area (TPSA) is 135 Å². The Kier molecular flexibility index (Phi) is 5.27. The Labute approximate surface area is 167 Å². The van der Waals surface area contributed by atoms with Gasteiger partial charge in [-0.25, -0.2) is 9.97 Å². The molecule has 29 heavy (non-hydrogen) atoms. The number of ether oxygens (including phenoxy) is 2. The Balaban J connectivity index is 1.59. The number of H-pyrrole nitrogens is 1. The standard InChI is InChI=1S/C20H21N7O2/c1-28-16-3-2-4-17(29-14-6-5-12(22)7-14)20(16)15-8-18(27-26-15)25-19-11-23-13(9-21)10-24-19/h2-4,8,10-12,14H,5-7,22H2,1H3,(H2,24,25,26,27)/t12-,14-/m1/s1. The van der Waals surface area contributed by atoms with Gasteiger partial charge in [0.15, 0.2) is 11.5 Å². The Morgan fingerprint density at radius 3 is 2.76 bits per heavy atom. The Hall–Kier alpha value is -3.64. The SMILES string of the molecule is COc1cccc(O[C@@H]2CC[C@@H](N)C2)c1-c1cc(Nc2cnc(C#N)cn2)n[nH]1. The number of hydrogen-bond donors (Lipinski definition) is 3. The molecule has 0 bridgehead atoms. The third-order valence-corrected chi connectivity index (χ3v) is 4.80. The predicted molar refractivity (Wildman–Crippen MR) is 107 cm³/mol. The number of nitrogens with two attached hydrogens (primary N) is 1. The lowest BCUT2D eigenvalue weighted by molar-refractivity contribution is 0.208. The maximum absolute atomic E-state index is 8.82. The van der Waals surface area contributed by atoms with Crippen molar-refractivity contribution in [1.82, 2.24) is 20.2 Å². The summed E-state index contributed by atoms with van der Waals surface area (Å²) in [6.07, 6.45) is 5.70. The second-order valence-corrected chi connectivity index (χ2v) is 6.84. The number of hydrogen-bond acceptors (Lipinski definition) is 8. The van der Waals surface area contributed by atoms with Crippen LogP contribution < -0.4 is 20.5 Å². The number of aromatic nitrogens is 4. The molecule has 0 unspecified atom stereocenters. The molecule has 4 N–H and O–H groups in total. The van der Waals surface area contributed by atoms with Crippen LogP contribution in [0.2, 0.25) is 0 Å².